The van der Waals surface area contributed by atoms with E-state index in [0.29, 0.717) is 45.1 Å². The van der Waals surface area contributed by atoms with E-state index < -0.39 is 10.0 Å². The molecule has 0 bridgehead atoms. The molecule has 24 rings (SSSR count). The second-order valence-electron chi connectivity index (χ2n) is 34.8. The third-order valence-corrected chi connectivity index (χ3v) is 31.2. The van der Waals surface area contributed by atoms with Crippen LogP contribution in [0.3, 0.4) is 0 Å². The fourth-order valence-electron chi connectivity index (χ4n) is 20.3. The van der Waals surface area contributed by atoms with Gasteiger partial charge in [-0.2, -0.15) is 0 Å². The molecule has 11 N–H and O–H groups in total. The summed E-state index contributed by atoms with van der Waals surface area (Å²) in [6, 6.07) is 87.3. The number of benzene rings is 11. The van der Waals surface area contributed by atoms with Crippen LogP contribution in [0.4, 0.5) is 22.7 Å². The minimum absolute atomic E-state index is 0.217. The van der Waals surface area contributed by atoms with Crippen LogP contribution in [0.5, 0.6) is 5.75 Å². The molecule has 6 aliphatic rings. The lowest BCUT2D eigenvalue weighted by Gasteiger charge is -2.25. The summed E-state index contributed by atoms with van der Waals surface area (Å²) in [5.74, 6) is 3.55. The van der Waals surface area contributed by atoms with Gasteiger partial charge in [-0.3, -0.25) is 0 Å². The van der Waals surface area contributed by atoms with Crippen LogP contribution in [0, 0.1) is 12.3 Å². The van der Waals surface area contributed by atoms with Crippen molar-refractivity contribution in [2.24, 2.45) is 0 Å². The lowest BCUT2D eigenvalue weighted by Crippen LogP contribution is -2.31. The van der Waals surface area contributed by atoms with Crippen LogP contribution in [-0.4, -0.2) is 50.0 Å². The van der Waals surface area contributed by atoms with Gasteiger partial charge in [-0.25, -0.2) is 13.1 Å². The number of para-hydroxylation sites is 4. The number of aromatic nitrogens is 7. The second kappa shape index (κ2) is 40.7. The summed E-state index contributed by atoms with van der Waals surface area (Å²) in [6.45, 7) is 0. The lowest BCUT2D eigenvalue weighted by atomic mass is 9.91. The maximum atomic E-state index is 12.6. The number of terminal acetylenes is 1. The highest BCUT2D eigenvalue weighted by Gasteiger charge is 2.33. The van der Waals surface area contributed by atoms with Crippen LogP contribution in [0.15, 0.2) is 294 Å². The van der Waals surface area contributed by atoms with Crippen LogP contribution < -0.4 is 30.7 Å². The van der Waals surface area contributed by atoms with Gasteiger partial charge in [0.2, 0.25) is 10.0 Å². The number of H-pyrrole nitrogens is 6. The van der Waals surface area contributed by atoms with Crippen LogP contribution in [-0.2, 0) is 48.5 Å². The van der Waals surface area contributed by atoms with Crippen molar-refractivity contribution >= 4 is 201 Å². The van der Waals surface area contributed by atoms with Gasteiger partial charge in [0.05, 0.1) is 64.0 Å². The summed E-state index contributed by atoms with van der Waals surface area (Å²) in [6.07, 6.45) is 29.9. The summed E-state index contributed by atoms with van der Waals surface area (Å²) in [5.41, 5.74) is 28.5. The van der Waals surface area contributed by atoms with E-state index in [0.717, 1.165) is 125 Å². The van der Waals surface area contributed by atoms with Gasteiger partial charge >= 0.3 is 0 Å². The number of nitrogens with zero attached hydrogens (tertiary/aromatic N) is 1. The third kappa shape index (κ3) is 19.8. The van der Waals surface area contributed by atoms with Crippen LogP contribution >= 0.6 is 103 Å². The predicted molar refractivity (Wildman–Crippen MR) is 564 cm³/mol. The average Bonchev–Trinajstić information content (AvgIpc) is 1.61. The van der Waals surface area contributed by atoms with Crippen molar-refractivity contribution in [2.75, 3.05) is 28.4 Å². The van der Waals surface area contributed by atoms with E-state index in [-0.39, 0.29) is 6.04 Å². The van der Waals surface area contributed by atoms with Gasteiger partial charge in [0, 0.05) is 157 Å². The Bertz CT molecular complexity index is 7280. The van der Waals surface area contributed by atoms with E-state index in [1.165, 1.54) is 180 Å². The summed E-state index contributed by atoms with van der Waals surface area (Å²) < 4.78 is 41.5. The largest absolute Gasteiger partial charge is 0.495 e. The number of rotatable bonds is 13. The first-order valence-corrected chi connectivity index (χ1v) is 51.7. The molecule has 11 aromatic carbocycles. The van der Waals surface area contributed by atoms with Gasteiger partial charge in [-0.1, -0.05) is 182 Å². The van der Waals surface area contributed by atoms with Crippen molar-refractivity contribution in [2.45, 2.75) is 157 Å². The Labute approximate surface area is 821 Å². The van der Waals surface area contributed by atoms with Crippen molar-refractivity contribution in [3.8, 4) is 18.1 Å². The quantitative estimate of drug-likeness (QED) is 0.0504. The van der Waals surface area contributed by atoms with Gasteiger partial charge in [0.25, 0.3) is 0 Å². The van der Waals surface area contributed by atoms with Crippen molar-refractivity contribution < 1.29 is 13.2 Å². The maximum Gasteiger partial charge on any atom is 0.241 e. The summed E-state index contributed by atoms with van der Waals surface area (Å²) in [5, 5.41) is 23.6. The molecule has 15 nitrogen and oxygen atoms in total. The van der Waals surface area contributed by atoms with Crippen molar-refractivity contribution in [1.82, 2.24) is 39.2 Å². The molecule has 132 heavy (non-hydrogen) atoms. The molecule has 0 fully saturated rings. The number of hydrogen-bond acceptors (Lipinski definition) is 7. The maximum absolute atomic E-state index is 12.6. The number of aromatic amines is 6. The summed E-state index contributed by atoms with van der Waals surface area (Å²) in [7, 11) is -1.81. The Balaban J connectivity index is 0.000000102. The predicted octanol–water partition coefficient (Wildman–Crippen LogP) is 31.2. The first-order valence-electron chi connectivity index (χ1n) is 45.5. The van der Waals surface area contributed by atoms with Crippen molar-refractivity contribution in [3.63, 3.8) is 0 Å². The number of halogens is 7. The molecule has 18 aromatic rings. The summed E-state index contributed by atoms with van der Waals surface area (Å²) in [4.78, 5) is 21.8. The van der Waals surface area contributed by atoms with Gasteiger partial charge in [-0.15, -0.1) is 6.42 Å². The molecule has 6 atom stereocenters. The number of ether oxygens (including phenoxy) is 1. The standard InChI is InChI=1S/C20H17BrN2.C19H19BrN2O.C18H17BrN2O2S.2C18H17BrN2.C16H14Cl2N2/c1-2-13-6-9-15(10-7-13)22-19-5-3-4-16-17-12-14(21)8-11-18(17)23-20(16)19;1-23-18-8-3-2-6-16(18)21-17-7-4-5-13-14-11-12(20)9-10-15(14)22-19(13)17;19-12-9-10-16-15(11-12)14-7-4-8-17(18(14)20-16)21-24(22,23)13-5-2-1-3-6-13;19-12-9-10-14-15-7-4-8-16(18(15)21-17(14)11-12)20-13-5-2-1-3-6-13;19-12-9-10-16-15(11-12)14-7-4-8-17(18(14)21-16)20-13-5-2-1-3-6-13;17-11-6-7-12-14(15(11)18)10-4-3-5-13(16(10)19-12)20-8-1-2-9-20/h1,6-12,19,22-23H,3-5H2;2-3,6,8-11,17,21-22H,4-5,7H2,1H3;1-3,5-6,9-11,17,20-21H,4,7-8H2;1-3,5-6,9-11,16,20-21H,4,7-8H2;1-3,5-6,9-11,17,20-21H,4,7-8H2;1-2,6-9,13,19H,3-5H2. The molecule has 0 radical (unpaired) electrons. The van der Waals surface area contributed by atoms with Gasteiger partial charge < -0.3 is 60.5 Å². The Morgan fingerprint density at radius 1 is 0.371 bits per heavy atom. The van der Waals surface area contributed by atoms with E-state index in [1.54, 1.807) is 31.4 Å². The normalized spacial score (nSPS) is 17.5. The van der Waals surface area contributed by atoms with Crippen molar-refractivity contribution in [1.29, 1.82) is 0 Å². The molecule has 670 valence electrons. The molecule has 0 saturated heterocycles. The Hall–Kier alpha value is -10.6. The third-order valence-electron chi connectivity index (χ3n) is 26.5. The highest BCUT2D eigenvalue weighted by Crippen LogP contribution is 2.47. The van der Waals surface area contributed by atoms with E-state index in [9.17, 15) is 8.42 Å². The zero-order valence-corrected chi connectivity index (χ0v) is 83.2. The highest BCUT2D eigenvalue weighted by molar-refractivity contribution is 9.11. The van der Waals surface area contributed by atoms with Gasteiger partial charge in [-0.05, 0) is 331 Å². The first-order chi connectivity index (χ1) is 64.4. The Morgan fingerprint density at radius 3 is 1.21 bits per heavy atom. The van der Waals surface area contributed by atoms with Crippen molar-refractivity contribution in [3.05, 3.63) is 373 Å². The molecule has 0 aliphatic heterocycles. The number of hydrogen-bond donors (Lipinski definition) is 11. The summed E-state index contributed by atoms with van der Waals surface area (Å²) >= 11 is 30.4. The van der Waals surface area contributed by atoms with Gasteiger partial charge in [0.1, 0.15) is 5.75 Å². The van der Waals surface area contributed by atoms with Crippen LogP contribution in [0.25, 0.3) is 65.4 Å². The fourth-order valence-corrected chi connectivity index (χ4v) is 23.8. The minimum Gasteiger partial charge on any atom is -0.495 e. The van der Waals surface area contributed by atoms with Crippen LogP contribution in [0.2, 0.25) is 10.0 Å². The number of sulfonamides is 1. The number of anilines is 4. The number of nitrogens with one attached hydrogen (secondary N) is 11. The van der Waals surface area contributed by atoms with E-state index in [2.05, 4.69) is 328 Å². The van der Waals surface area contributed by atoms with E-state index in [1.807, 2.05) is 60.7 Å². The first kappa shape index (κ1) is 90.6. The van der Waals surface area contributed by atoms with Gasteiger partial charge in [0.15, 0.2) is 0 Å². The monoisotopic (exact) mass is 2120 g/mol. The fraction of sp³-hybridized carbons (Fsp3) is 0.229. The number of fused-ring (bicyclic) bond motifs is 18. The zero-order valence-electron chi connectivity index (χ0n) is 72.9. The molecule has 23 heteroatoms. The minimum atomic E-state index is -3.53. The molecule has 0 amide bonds. The molecule has 7 aromatic heterocycles. The zero-order chi connectivity index (χ0) is 90.5. The topological polar surface area (TPSA) is 203 Å². The second-order valence-corrected chi connectivity index (χ2v) is 41.8. The van der Waals surface area contributed by atoms with E-state index in [4.69, 9.17) is 34.4 Å². The lowest BCUT2D eigenvalue weighted by molar-refractivity contribution is 0.415. The Kier molecular flexibility index (Phi) is 27.9. The SMILES string of the molecule is Brc1ccc2[nH]c3c(c2c1)CCCC3Nc1ccccc1.Brc1ccc2c3c([nH]c2c1)C(Nc1ccccc1)CCC3.C#Cc1ccc(NC2CCCc3c2[nH]c2ccc(Br)cc32)cc1.COc1ccccc1NC1CCCc2c1[nH]c1ccc(Br)cc21.Clc1ccc2[nH]c3c(c2c1Cl)CCCC3n1cccc1.O=S(=O)(NC1CCCc2c1[nH]c1ccc(Br)cc21)c1ccccc1. The molecule has 7 heterocycles. The van der Waals surface area contributed by atoms with E-state index >= 15 is 0 Å². The molecule has 0 spiro atoms. The number of aryl methyl sites for hydroxylation is 6. The molecule has 6 unspecified atom stereocenters. The van der Waals surface area contributed by atoms with Crippen LogP contribution in [0.1, 0.15) is 186 Å². The molecular weight excluding hydrogens is 2030 g/mol. The highest BCUT2D eigenvalue weighted by atomic mass is 79.9. The molecule has 0 saturated carbocycles. The molecule has 6 aliphatic carbocycles. The Morgan fingerprint density at radius 2 is 0.742 bits per heavy atom. The average molecular weight is 2130 g/mol. The number of methoxy groups -OCH3 is 1. The molecular formula is C109H101Br5Cl2N12O3S. The smallest absolute Gasteiger partial charge is 0.241 e.